The summed E-state index contributed by atoms with van der Waals surface area (Å²) in [6.07, 6.45) is 0.787. The van der Waals surface area contributed by atoms with Gasteiger partial charge in [0.05, 0.1) is 18.8 Å². The van der Waals surface area contributed by atoms with E-state index in [1.54, 1.807) is 13.2 Å². The monoisotopic (exact) mass is 496 g/mol. The first-order valence-electron chi connectivity index (χ1n) is 10.9. The molecule has 9 nitrogen and oxygen atoms in total. The molecule has 1 aliphatic heterocycles. The van der Waals surface area contributed by atoms with E-state index in [0.717, 1.165) is 40.3 Å². The summed E-state index contributed by atoms with van der Waals surface area (Å²) in [6, 6.07) is 4.71. The van der Waals surface area contributed by atoms with E-state index in [4.69, 9.17) is 14.2 Å². The predicted molar refractivity (Wildman–Crippen MR) is 121 cm³/mol. The van der Waals surface area contributed by atoms with E-state index < -0.39 is 33.3 Å². The van der Waals surface area contributed by atoms with Gasteiger partial charge >= 0.3 is 5.97 Å². The number of hydrogen-bond donors (Lipinski definition) is 0. The Morgan fingerprint density at radius 2 is 1.85 bits per heavy atom. The average molecular weight is 497 g/mol. The fourth-order valence-electron chi connectivity index (χ4n) is 3.84. The predicted octanol–water partition coefficient (Wildman–Crippen LogP) is 2.34. The molecule has 2 aromatic rings. The maximum Gasteiger partial charge on any atom is 0.338 e. The van der Waals surface area contributed by atoms with Gasteiger partial charge in [-0.3, -0.25) is 4.79 Å². The SMILES string of the molecule is COCCCn1c(C)cc(C(=O)COC(=O)c2ccc(F)c(S(=O)(=O)N3CCOCC3)c2)c1C. The van der Waals surface area contributed by atoms with Gasteiger partial charge in [0.2, 0.25) is 15.8 Å². The third-order valence-electron chi connectivity index (χ3n) is 5.69. The van der Waals surface area contributed by atoms with Crippen molar-refractivity contribution in [2.75, 3.05) is 46.6 Å². The summed E-state index contributed by atoms with van der Waals surface area (Å²) < 4.78 is 58.4. The Balaban J connectivity index is 1.70. The molecule has 186 valence electrons. The molecule has 1 aliphatic rings. The number of ketones is 1. The van der Waals surface area contributed by atoms with Crippen molar-refractivity contribution in [2.24, 2.45) is 0 Å². The van der Waals surface area contributed by atoms with Gasteiger partial charge in [0.1, 0.15) is 10.7 Å². The highest BCUT2D eigenvalue weighted by Gasteiger charge is 2.30. The number of aromatic nitrogens is 1. The summed E-state index contributed by atoms with van der Waals surface area (Å²) in [5.41, 5.74) is 1.94. The van der Waals surface area contributed by atoms with Gasteiger partial charge in [-0.05, 0) is 44.5 Å². The van der Waals surface area contributed by atoms with Crippen LogP contribution in [0.1, 0.15) is 38.5 Å². The van der Waals surface area contributed by atoms with Gasteiger partial charge in [-0.1, -0.05) is 0 Å². The number of esters is 1. The Hall–Kier alpha value is -2.60. The summed E-state index contributed by atoms with van der Waals surface area (Å²) in [5.74, 6) is -2.27. The lowest BCUT2D eigenvalue weighted by molar-refractivity contribution is 0.0474. The van der Waals surface area contributed by atoms with Crippen molar-refractivity contribution in [1.82, 2.24) is 8.87 Å². The van der Waals surface area contributed by atoms with Crippen molar-refractivity contribution >= 4 is 21.8 Å². The number of Topliss-reactive ketones (excluding diaryl/α,β-unsaturated/α-hetero) is 1. The second-order valence-corrected chi connectivity index (χ2v) is 9.85. The van der Waals surface area contributed by atoms with Crippen LogP contribution in [0.4, 0.5) is 4.39 Å². The van der Waals surface area contributed by atoms with Crippen LogP contribution in [0.2, 0.25) is 0 Å². The van der Waals surface area contributed by atoms with Crippen molar-refractivity contribution in [3.8, 4) is 0 Å². The smallest absolute Gasteiger partial charge is 0.338 e. The van der Waals surface area contributed by atoms with Crippen molar-refractivity contribution in [1.29, 1.82) is 0 Å². The largest absolute Gasteiger partial charge is 0.454 e. The molecule has 0 bridgehead atoms. The fraction of sp³-hybridized carbons (Fsp3) is 0.478. The van der Waals surface area contributed by atoms with Crippen LogP contribution < -0.4 is 0 Å². The average Bonchev–Trinajstić information content (AvgIpc) is 3.11. The number of benzene rings is 1. The maximum absolute atomic E-state index is 14.4. The van der Waals surface area contributed by atoms with Crippen LogP contribution in [0, 0.1) is 19.7 Å². The summed E-state index contributed by atoms with van der Waals surface area (Å²) in [5, 5.41) is 0. The summed E-state index contributed by atoms with van der Waals surface area (Å²) in [6.45, 7) is 5.06. The Labute approximate surface area is 198 Å². The number of halogens is 1. The number of ether oxygens (including phenoxy) is 3. The molecule has 11 heteroatoms. The van der Waals surface area contributed by atoms with E-state index in [-0.39, 0.29) is 37.6 Å². The molecule has 0 amide bonds. The third kappa shape index (κ3) is 5.72. The molecule has 0 saturated carbocycles. The van der Waals surface area contributed by atoms with E-state index >= 15 is 0 Å². The standard InChI is InChI=1S/C23H29FN2O7S/c1-16-13-19(17(2)26(16)7-4-10-31-3)21(27)15-33-23(28)18-5-6-20(24)22(14-18)34(29,30)25-8-11-32-12-9-25/h5-6,13-14H,4,7-12,15H2,1-3H3. The van der Waals surface area contributed by atoms with E-state index in [9.17, 15) is 22.4 Å². The summed E-state index contributed by atoms with van der Waals surface area (Å²) in [7, 11) is -2.52. The maximum atomic E-state index is 14.4. The number of carbonyl (C=O) groups is 2. The topological polar surface area (TPSA) is 104 Å². The van der Waals surface area contributed by atoms with Crippen LogP contribution in [-0.2, 0) is 30.8 Å². The number of carbonyl (C=O) groups excluding carboxylic acids is 2. The molecular formula is C23H29FN2O7S. The van der Waals surface area contributed by atoms with Crippen molar-refractivity contribution < 1.29 is 36.6 Å². The second-order valence-electron chi connectivity index (χ2n) is 7.94. The molecule has 3 rings (SSSR count). The Bertz CT molecular complexity index is 1150. The molecule has 0 aliphatic carbocycles. The lowest BCUT2D eigenvalue weighted by Crippen LogP contribution is -2.41. The molecule has 0 radical (unpaired) electrons. The van der Waals surface area contributed by atoms with Crippen LogP contribution >= 0.6 is 0 Å². The highest BCUT2D eigenvalue weighted by Crippen LogP contribution is 2.22. The summed E-state index contributed by atoms with van der Waals surface area (Å²) in [4.78, 5) is 24.6. The first-order valence-corrected chi connectivity index (χ1v) is 12.3. The molecule has 1 aromatic heterocycles. The Kier molecular flexibility index (Phi) is 8.58. The normalized spacial score (nSPS) is 14.8. The van der Waals surface area contributed by atoms with E-state index in [2.05, 4.69) is 0 Å². The van der Waals surface area contributed by atoms with Crippen LogP contribution in [0.5, 0.6) is 0 Å². The van der Waals surface area contributed by atoms with Gasteiger partial charge in [0, 0.05) is 50.3 Å². The lowest BCUT2D eigenvalue weighted by Gasteiger charge is -2.26. The van der Waals surface area contributed by atoms with Crippen molar-refractivity contribution in [2.45, 2.75) is 31.7 Å². The molecule has 1 aromatic carbocycles. The minimum absolute atomic E-state index is 0.0921. The fourth-order valence-corrected chi connectivity index (χ4v) is 5.34. The zero-order valence-corrected chi connectivity index (χ0v) is 20.3. The van der Waals surface area contributed by atoms with Crippen LogP contribution in [0.25, 0.3) is 0 Å². The van der Waals surface area contributed by atoms with Gasteiger partial charge in [-0.2, -0.15) is 4.31 Å². The van der Waals surface area contributed by atoms with Gasteiger partial charge in [-0.15, -0.1) is 0 Å². The lowest BCUT2D eigenvalue weighted by atomic mass is 10.1. The molecule has 34 heavy (non-hydrogen) atoms. The van der Waals surface area contributed by atoms with Gasteiger partial charge in [-0.25, -0.2) is 17.6 Å². The number of aryl methyl sites for hydroxylation is 1. The quantitative estimate of drug-likeness (QED) is 0.283. The van der Waals surface area contributed by atoms with Gasteiger partial charge in [0.15, 0.2) is 6.61 Å². The van der Waals surface area contributed by atoms with Crippen LogP contribution in [-0.4, -0.2) is 75.7 Å². The highest BCUT2D eigenvalue weighted by atomic mass is 32.2. The molecule has 0 unspecified atom stereocenters. The van der Waals surface area contributed by atoms with E-state index in [1.165, 1.54) is 0 Å². The molecule has 1 fully saturated rings. The van der Waals surface area contributed by atoms with Crippen LogP contribution in [0.15, 0.2) is 29.2 Å². The first kappa shape index (κ1) is 26.0. The molecule has 0 spiro atoms. The Morgan fingerprint density at radius 3 is 2.53 bits per heavy atom. The summed E-state index contributed by atoms with van der Waals surface area (Å²) >= 11 is 0. The Morgan fingerprint density at radius 1 is 1.15 bits per heavy atom. The molecule has 1 saturated heterocycles. The van der Waals surface area contributed by atoms with Crippen molar-refractivity contribution in [3.63, 3.8) is 0 Å². The molecule has 0 atom stereocenters. The molecular weight excluding hydrogens is 467 g/mol. The first-order chi connectivity index (χ1) is 16.2. The van der Waals surface area contributed by atoms with Crippen LogP contribution in [0.3, 0.4) is 0 Å². The number of hydrogen-bond acceptors (Lipinski definition) is 7. The number of morpholine rings is 1. The number of methoxy groups -OCH3 is 1. The zero-order chi connectivity index (χ0) is 24.9. The molecule has 2 heterocycles. The number of sulfonamides is 1. The third-order valence-corrected chi connectivity index (χ3v) is 7.61. The number of rotatable bonds is 10. The van der Waals surface area contributed by atoms with E-state index in [0.29, 0.717) is 18.7 Å². The van der Waals surface area contributed by atoms with Gasteiger partial charge in [0.25, 0.3) is 0 Å². The van der Waals surface area contributed by atoms with Gasteiger partial charge < -0.3 is 18.8 Å². The molecule has 0 N–H and O–H groups in total. The van der Waals surface area contributed by atoms with E-state index in [1.807, 2.05) is 18.4 Å². The highest BCUT2D eigenvalue weighted by molar-refractivity contribution is 7.89. The van der Waals surface area contributed by atoms with Crippen molar-refractivity contribution in [3.05, 3.63) is 52.6 Å². The minimum Gasteiger partial charge on any atom is -0.454 e. The minimum atomic E-state index is -4.15. The second kappa shape index (κ2) is 11.2. The number of nitrogens with zero attached hydrogens (tertiary/aromatic N) is 2. The zero-order valence-electron chi connectivity index (χ0n) is 19.5.